The van der Waals surface area contributed by atoms with E-state index < -0.39 is 0 Å². The van der Waals surface area contributed by atoms with Gasteiger partial charge < -0.3 is 4.40 Å². The molecule has 5 rings (SSSR count). The van der Waals surface area contributed by atoms with Crippen LogP contribution in [-0.2, 0) is 13.0 Å². The minimum atomic E-state index is -0.189. The number of imidazole rings is 1. The van der Waals surface area contributed by atoms with Gasteiger partial charge in [-0.15, -0.1) is 0 Å². The highest BCUT2D eigenvalue weighted by Gasteiger charge is 2.24. The van der Waals surface area contributed by atoms with Gasteiger partial charge in [-0.1, -0.05) is 24.3 Å². The molecule has 164 valence electrons. The molecule has 4 aromatic rings. The highest BCUT2D eigenvalue weighted by molar-refractivity contribution is 5.50. The van der Waals surface area contributed by atoms with Crippen molar-refractivity contribution >= 4 is 5.65 Å². The number of piperidine rings is 1. The molecule has 3 aromatic heterocycles. The summed E-state index contributed by atoms with van der Waals surface area (Å²) >= 11 is 0. The van der Waals surface area contributed by atoms with E-state index in [1.165, 1.54) is 23.7 Å². The zero-order valence-electron chi connectivity index (χ0n) is 18.8. The van der Waals surface area contributed by atoms with Crippen molar-refractivity contribution < 1.29 is 4.39 Å². The van der Waals surface area contributed by atoms with E-state index >= 15 is 0 Å². The van der Waals surface area contributed by atoms with Crippen molar-refractivity contribution in [3.63, 3.8) is 0 Å². The Kier molecular flexibility index (Phi) is 5.75. The summed E-state index contributed by atoms with van der Waals surface area (Å²) in [4.78, 5) is 12.1. The molecule has 0 radical (unpaired) electrons. The Hall–Kier alpha value is -3.05. The average Bonchev–Trinajstić information content (AvgIpc) is 3.11. The van der Waals surface area contributed by atoms with Gasteiger partial charge in [0.15, 0.2) is 0 Å². The molecule has 0 amide bonds. The SMILES string of the molecule is Cc1nc2c(C)cccn2c1CN1CCC[C@@H](c2ccc(Cc3cccc(F)c3)cn2)C1. The maximum atomic E-state index is 13.5. The van der Waals surface area contributed by atoms with Crippen molar-refractivity contribution in [2.75, 3.05) is 13.1 Å². The Morgan fingerprint density at radius 1 is 1.06 bits per heavy atom. The molecule has 0 bridgehead atoms. The molecule has 1 aromatic carbocycles. The Balaban J connectivity index is 1.28. The minimum Gasteiger partial charge on any atom is -0.302 e. The van der Waals surface area contributed by atoms with E-state index in [-0.39, 0.29) is 5.82 Å². The maximum Gasteiger partial charge on any atom is 0.140 e. The molecule has 0 saturated carbocycles. The van der Waals surface area contributed by atoms with E-state index in [4.69, 9.17) is 9.97 Å². The molecule has 32 heavy (non-hydrogen) atoms. The normalized spacial score (nSPS) is 17.2. The second kappa shape index (κ2) is 8.83. The van der Waals surface area contributed by atoms with Gasteiger partial charge in [-0.05, 0) is 80.6 Å². The van der Waals surface area contributed by atoms with E-state index in [9.17, 15) is 4.39 Å². The molecule has 1 saturated heterocycles. The zero-order valence-corrected chi connectivity index (χ0v) is 18.8. The Morgan fingerprint density at radius 2 is 1.97 bits per heavy atom. The topological polar surface area (TPSA) is 33.4 Å². The van der Waals surface area contributed by atoms with Crippen molar-refractivity contribution in [3.8, 4) is 0 Å². The molecule has 1 fully saturated rings. The van der Waals surface area contributed by atoms with Crippen molar-refractivity contribution in [2.45, 2.75) is 45.6 Å². The first-order valence-corrected chi connectivity index (χ1v) is 11.4. The number of pyridine rings is 2. The number of hydrogen-bond donors (Lipinski definition) is 0. The first-order chi connectivity index (χ1) is 15.6. The molecule has 0 N–H and O–H groups in total. The molecule has 0 unspecified atom stereocenters. The van der Waals surface area contributed by atoms with E-state index in [1.54, 1.807) is 12.1 Å². The summed E-state index contributed by atoms with van der Waals surface area (Å²) in [5, 5.41) is 0. The van der Waals surface area contributed by atoms with Crippen LogP contribution in [0.2, 0.25) is 0 Å². The largest absolute Gasteiger partial charge is 0.302 e. The predicted molar refractivity (Wildman–Crippen MR) is 125 cm³/mol. The van der Waals surface area contributed by atoms with E-state index in [0.29, 0.717) is 12.3 Å². The number of halogens is 1. The fourth-order valence-electron chi connectivity index (χ4n) is 4.87. The van der Waals surface area contributed by atoms with Gasteiger partial charge >= 0.3 is 0 Å². The summed E-state index contributed by atoms with van der Waals surface area (Å²) in [6, 6.07) is 15.3. The first-order valence-electron chi connectivity index (χ1n) is 11.4. The summed E-state index contributed by atoms with van der Waals surface area (Å²) in [6.07, 6.45) is 7.12. The third-order valence-corrected chi connectivity index (χ3v) is 6.59. The third kappa shape index (κ3) is 4.30. The van der Waals surface area contributed by atoms with Crippen LogP contribution in [0.5, 0.6) is 0 Å². The number of fused-ring (bicyclic) bond motifs is 1. The first kappa shape index (κ1) is 20.8. The van der Waals surface area contributed by atoms with E-state index in [1.807, 2.05) is 12.3 Å². The number of benzene rings is 1. The van der Waals surface area contributed by atoms with Crippen molar-refractivity contribution in [1.29, 1.82) is 0 Å². The van der Waals surface area contributed by atoms with E-state index in [2.05, 4.69) is 53.6 Å². The molecular formula is C27H29FN4. The monoisotopic (exact) mass is 428 g/mol. The number of rotatable bonds is 5. The van der Waals surface area contributed by atoms with Gasteiger partial charge in [0.2, 0.25) is 0 Å². The van der Waals surface area contributed by atoms with Crippen molar-refractivity contribution in [2.24, 2.45) is 0 Å². The van der Waals surface area contributed by atoms with Crippen LogP contribution >= 0.6 is 0 Å². The number of likely N-dealkylation sites (tertiary alicyclic amines) is 1. The van der Waals surface area contributed by atoms with Crippen LogP contribution in [0.4, 0.5) is 4.39 Å². The van der Waals surface area contributed by atoms with Crippen LogP contribution in [0, 0.1) is 19.7 Å². The highest BCUT2D eigenvalue weighted by Crippen LogP contribution is 2.28. The lowest BCUT2D eigenvalue weighted by Gasteiger charge is -2.32. The highest BCUT2D eigenvalue weighted by atomic mass is 19.1. The average molecular weight is 429 g/mol. The number of nitrogens with zero attached hydrogens (tertiary/aromatic N) is 4. The molecule has 1 aliphatic heterocycles. The quantitative estimate of drug-likeness (QED) is 0.423. The molecule has 0 spiro atoms. The lowest BCUT2D eigenvalue weighted by atomic mass is 9.93. The van der Waals surface area contributed by atoms with Gasteiger partial charge in [0.25, 0.3) is 0 Å². The van der Waals surface area contributed by atoms with Crippen molar-refractivity contribution in [1.82, 2.24) is 19.3 Å². The lowest BCUT2D eigenvalue weighted by Crippen LogP contribution is -2.34. The number of hydrogen-bond acceptors (Lipinski definition) is 3. The fraction of sp³-hybridized carbons (Fsp3) is 0.333. The van der Waals surface area contributed by atoms with Crippen LogP contribution in [-0.4, -0.2) is 32.4 Å². The molecule has 4 nitrogen and oxygen atoms in total. The maximum absolute atomic E-state index is 13.5. The summed E-state index contributed by atoms with van der Waals surface area (Å²) in [6.45, 7) is 7.25. The second-order valence-electron chi connectivity index (χ2n) is 9.00. The third-order valence-electron chi connectivity index (χ3n) is 6.59. The molecular weight excluding hydrogens is 399 g/mol. The number of aromatic nitrogens is 3. The summed E-state index contributed by atoms with van der Waals surface area (Å²) in [5.74, 6) is 0.249. The fourth-order valence-corrected chi connectivity index (χ4v) is 4.87. The van der Waals surface area contributed by atoms with Crippen molar-refractivity contribution in [3.05, 3.63) is 101 Å². The van der Waals surface area contributed by atoms with Gasteiger partial charge in [-0.2, -0.15) is 0 Å². The van der Waals surface area contributed by atoms with Crippen LogP contribution in [0.1, 0.15) is 52.5 Å². The Labute approximate surface area is 188 Å². The molecule has 1 atom stereocenters. The zero-order chi connectivity index (χ0) is 22.1. The Bertz CT molecular complexity index is 1230. The van der Waals surface area contributed by atoms with Crippen LogP contribution in [0.3, 0.4) is 0 Å². The van der Waals surface area contributed by atoms with Gasteiger partial charge in [-0.3, -0.25) is 9.88 Å². The van der Waals surface area contributed by atoms with E-state index in [0.717, 1.165) is 54.2 Å². The minimum absolute atomic E-state index is 0.189. The standard InChI is InChI=1S/C27H29FN4/c1-19-6-4-13-32-26(20(2)30-27(19)32)18-31-12-5-8-23(17-31)25-11-10-22(16-29-25)14-21-7-3-9-24(28)15-21/h3-4,6-7,9-11,13,15-16,23H,5,8,12,14,17-18H2,1-2H3/t23-/m1/s1. The van der Waals surface area contributed by atoms with Gasteiger partial charge in [0.1, 0.15) is 11.5 Å². The molecule has 4 heterocycles. The summed E-state index contributed by atoms with van der Waals surface area (Å²) in [5.41, 5.74) is 7.91. The van der Waals surface area contributed by atoms with Gasteiger partial charge in [-0.25, -0.2) is 9.37 Å². The molecule has 1 aliphatic rings. The van der Waals surface area contributed by atoms with Crippen LogP contribution in [0.15, 0.2) is 60.9 Å². The van der Waals surface area contributed by atoms with Crippen LogP contribution in [0.25, 0.3) is 5.65 Å². The summed E-state index contributed by atoms with van der Waals surface area (Å²) in [7, 11) is 0. The van der Waals surface area contributed by atoms with Gasteiger partial charge in [0.05, 0.1) is 11.4 Å². The predicted octanol–water partition coefficient (Wildman–Crippen LogP) is 5.46. The van der Waals surface area contributed by atoms with Gasteiger partial charge in [0, 0.05) is 37.1 Å². The second-order valence-corrected chi connectivity index (χ2v) is 9.00. The lowest BCUT2D eigenvalue weighted by molar-refractivity contribution is 0.195. The molecule has 5 heteroatoms. The molecule has 0 aliphatic carbocycles. The Morgan fingerprint density at radius 3 is 2.78 bits per heavy atom. The summed E-state index contributed by atoms with van der Waals surface area (Å²) < 4.78 is 15.7. The number of aryl methyl sites for hydroxylation is 2. The van der Waals surface area contributed by atoms with Crippen LogP contribution < -0.4 is 0 Å². The smallest absolute Gasteiger partial charge is 0.140 e.